The molecule has 3 saturated heterocycles. The van der Waals surface area contributed by atoms with E-state index in [9.17, 15) is 61.0 Å². The van der Waals surface area contributed by atoms with Gasteiger partial charge in [0.1, 0.15) is 73.2 Å². The van der Waals surface area contributed by atoms with Gasteiger partial charge in [-0.05, 0) is 44.9 Å². The molecule has 3 aliphatic heterocycles. The summed E-state index contributed by atoms with van der Waals surface area (Å²) in [6.07, 6.45) is 6.09. The Kier molecular flexibility index (Phi) is 32.4. The molecule has 0 radical (unpaired) electrons. The van der Waals surface area contributed by atoms with Crippen molar-refractivity contribution in [3.05, 3.63) is 24.3 Å². The third kappa shape index (κ3) is 21.6. The van der Waals surface area contributed by atoms with E-state index in [2.05, 4.69) is 31.3 Å². The van der Waals surface area contributed by atoms with Crippen molar-refractivity contribution in [1.82, 2.24) is 5.32 Å². The topological polar surface area (TPSA) is 307 Å². The van der Waals surface area contributed by atoms with Crippen LogP contribution in [0.4, 0.5) is 0 Å². The summed E-state index contributed by atoms with van der Waals surface area (Å²) < 4.78 is 34.1. The largest absolute Gasteiger partial charge is 0.394 e. The Labute approximate surface area is 416 Å². The van der Waals surface area contributed by atoms with E-state index in [0.717, 1.165) is 64.2 Å². The van der Waals surface area contributed by atoms with Crippen molar-refractivity contribution in [1.29, 1.82) is 0 Å². The van der Waals surface area contributed by atoms with Crippen LogP contribution < -0.4 is 5.32 Å². The quantitative estimate of drug-likeness (QED) is 0.0314. The minimum Gasteiger partial charge on any atom is -0.394 e. The Morgan fingerprint density at radius 3 is 1.39 bits per heavy atom. The molecule has 0 aromatic carbocycles. The highest BCUT2D eigenvalue weighted by Crippen LogP contribution is 2.33. The Balaban J connectivity index is 1.56. The maximum atomic E-state index is 13.2. The molecule has 19 heteroatoms. The van der Waals surface area contributed by atoms with Gasteiger partial charge in [-0.15, -0.1) is 0 Å². The minimum atomic E-state index is -1.98. The van der Waals surface area contributed by atoms with Crippen molar-refractivity contribution in [2.75, 3.05) is 26.4 Å². The lowest BCUT2D eigenvalue weighted by atomic mass is 9.96. The summed E-state index contributed by atoms with van der Waals surface area (Å²) in [6, 6.07) is -0.972. The number of aliphatic hydroxyl groups is 11. The molecule has 0 aromatic heterocycles. The first kappa shape index (κ1) is 62.6. The summed E-state index contributed by atoms with van der Waals surface area (Å²) in [5.41, 5.74) is 0. The van der Waals surface area contributed by atoms with E-state index >= 15 is 0 Å². The van der Waals surface area contributed by atoms with Gasteiger partial charge in [0.2, 0.25) is 5.91 Å². The molecular weight excluding hydrogens is 915 g/mol. The normalized spacial score (nSPS) is 32.7. The third-order valence-corrected chi connectivity index (χ3v) is 13.5. The molecule has 70 heavy (non-hydrogen) atoms. The summed E-state index contributed by atoms with van der Waals surface area (Å²) >= 11 is 0. The zero-order valence-corrected chi connectivity index (χ0v) is 42.0. The van der Waals surface area contributed by atoms with Crippen molar-refractivity contribution in [3.63, 3.8) is 0 Å². The average Bonchev–Trinajstić information content (AvgIpc) is 3.35. The van der Waals surface area contributed by atoms with Crippen LogP contribution in [0, 0.1) is 0 Å². The zero-order chi connectivity index (χ0) is 51.3. The highest BCUT2D eigenvalue weighted by Gasteiger charge is 2.53. The lowest BCUT2D eigenvalue weighted by Crippen LogP contribution is -2.66. The number of hydrogen-bond donors (Lipinski definition) is 12. The summed E-state index contributed by atoms with van der Waals surface area (Å²) in [4.78, 5) is 13.2. The number of nitrogens with one attached hydrogen (secondary N) is 1. The molecular formula is C51H93NO18. The van der Waals surface area contributed by atoms with Gasteiger partial charge in [0.05, 0.1) is 38.6 Å². The van der Waals surface area contributed by atoms with Crippen LogP contribution in [0.3, 0.4) is 0 Å². The van der Waals surface area contributed by atoms with Crippen LogP contribution in [0.25, 0.3) is 0 Å². The van der Waals surface area contributed by atoms with Crippen LogP contribution in [0.2, 0.25) is 0 Å². The molecule has 3 fully saturated rings. The van der Waals surface area contributed by atoms with Crippen LogP contribution in [-0.2, 0) is 33.2 Å². The lowest BCUT2D eigenvalue weighted by molar-refractivity contribution is -0.379. The maximum Gasteiger partial charge on any atom is 0.220 e. The highest BCUT2D eigenvalue weighted by atomic mass is 16.8. The molecule has 410 valence electrons. The van der Waals surface area contributed by atoms with Gasteiger partial charge in [0.25, 0.3) is 0 Å². The van der Waals surface area contributed by atoms with E-state index in [-0.39, 0.29) is 18.9 Å². The second-order valence-electron chi connectivity index (χ2n) is 19.3. The van der Waals surface area contributed by atoms with Gasteiger partial charge in [-0.1, -0.05) is 134 Å². The molecule has 12 N–H and O–H groups in total. The molecule has 17 unspecified atom stereocenters. The molecule has 0 aliphatic carbocycles. The van der Waals surface area contributed by atoms with Gasteiger partial charge in [-0.3, -0.25) is 4.79 Å². The Morgan fingerprint density at radius 1 is 0.500 bits per heavy atom. The monoisotopic (exact) mass is 1010 g/mol. The van der Waals surface area contributed by atoms with E-state index < -0.39 is 124 Å². The van der Waals surface area contributed by atoms with Crippen molar-refractivity contribution >= 4 is 5.91 Å². The van der Waals surface area contributed by atoms with Crippen LogP contribution in [0.15, 0.2) is 24.3 Å². The number of carbonyl (C=O) groups is 1. The number of ether oxygens (including phenoxy) is 6. The molecule has 3 rings (SSSR count). The summed E-state index contributed by atoms with van der Waals surface area (Å²) in [7, 11) is 0. The number of allylic oxidation sites excluding steroid dienone is 3. The number of hydrogen-bond acceptors (Lipinski definition) is 18. The van der Waals surface area contributed by atoms with Crippen molar-refractivity contribution in [2.45, 2.75) is 266 Å². The molecule has 19 nitrogen and oxygen atoms in total. The Hall–Kier alpha value is -1.73. The van der Waals surface area contributed by atoms with Gasteiger partial charge in [0.15, 0.2) is 18.9 Å². The van der Waals surface area contributed by atoms with Crippen LogP contribution >= 0.6 is 0 Å². The lowest BCUT2D eigenvalue weighted by Gasteiger charge is -2.48. The van der Waals surface area contributed by atoms with Crippen molar-refractivity contribution < 1.29 is 89.4 Å². The number of unbranched alkanes of at least 4 members (excludes halogenated alkanes) is 19. The molecule has 0 aromatic rings. The van der Waals surface area contributed by atoms with Crippen molar-refractivity contribution in [2.24, 2.45) is 0 Å². The third-order valence-electron chi connectivity index (χ3n) is 13.5. The summed E-state index contributed by atoms with van der Waals surface area (Å²) in [5, 5.41) is 120. The van der Waals surface area contributed by atoms with E-state index in [4.69, 9.17) is 28.4 Å². The molecule has 17 atom stereocenters. The average molecular weight is 1010 g/mol. The number of amides is 1. The zero-order valence-electron chi connectivity index (χ0n) is 42.0. The first-order valence-corrected chi connectivity index (χ1v) is 26.6. The molecule has 3 aliphatic rings. The fourth-order valence-corrected chi connectivity index (χ4v) is 9.01. The number of rotatable bonds is 37. The first-order valence-electron chi connectivity index (χ1n) is 26.6. The van der Waals surface area contributed by atoms with Crippen LogP contribution in [-0.4, -0.2) is 193 Å². The fraction of sp³-hybridized carbons (Fsp3) is 0.902. The fourth-order valence-electron chi connectivity index (χ4n) is 9.01. The standard InChI is InChI=1S/C51H93NO18/c1-3-5-7-9-11-13-15-16-17-19-21-23-25-27-29-39(57)52-34(35(56)28-26-24-22-20-18-14-12-10-8-6-4-2)33-65-49-45(63)42(60)47(37(31-54)67-49)70-51-46(64)43(61)48(38(32-55)68-51)69-50-44(62)41(59)40(58)36(30-53)66-50/h15-16,26,28,34-38,40-51,53-56,58-64H,3-14,17-25,27,29-33H2,1-2H3,(H,52,57)/b16-15-,28-26+. The molecule has 3 heterocycles. The first-order chi connectivity index (χ1) is 33.8. The summed E-state index contributed by atoms with van der Waals surface area (Å²) in [5.74, 6) is -0.288. The second kappa shape index (κ2) is 36.3. The molecule has 0 spiro atoms. The molecule has 1 amide bonds. The minimum absolute atomic E-state index is 0.234. The maximum absolute atomic E-state index is 13.2. The number of aliphatic hydroxyl groups excluding tert-OH is 11. The van der Waals surface area contributed by atoms with Crippen LogP contribution in [0.1, 0.15) is 162 Å². The molecule has 0 bridgehead atoms. The second-order valence-corrected chi connectivity index (χ2v) is 19.3. The van der Waals surface area contributed by atoms with Gasteiger partial charge < -0.3 is 89.9 Å². The highest BCUT2D eigenvalue weighted by molar-refractivity contribution is 5.76. The van der Waals surface area contributed by atoms with Gasteiger partial charge in [-0.25, -0.2) is 0 Å². The SMILES string of the molecule is CCCCCCC/C=C\CCCCCCCC(=O)NC(COC1OC(CO)C(OC2OC(CO)C(OC3OC(CO)C(O)C(O)C3O)C(O)C2O)C(O)C1O)C(O)/C=C/CCCCCCCCCCC. The van der Waals surface area contributed by atoms with Gasteiger partial charge >= 0.3 is 0 Å². The van der Waals surface area contributed by atoms with E-state index in [0.29, 0.717) is 6.42 Å². The van der Waals surface area contributed by atoms with Crippen molar-refractivity contribution in [3.8, 4) is 0 Å². The summed E-state index contributed by atoms with van der Waals surface area (Å²) in [6.45, 7) is 1.65. The Morgan fingerprint density at radius 2 is 0.900 bits per heavy atom. The predicted molar refractivity (Wildman–Crippen MR) is 259 cm³/mol. The van der Waals surface area contributed by atoms with E-state index in [1.165, 1.54) is 70.6 Å². The van der Waals surface area contributed by atoms with Crippen LogP contribution in [0.5, 0.6) is 0 Å². The van der Waals surface area contributed by atoms with E-state index in [1.54, 1.807) is 6.08 Å². The molecule has 0 saturated carbocycles. The predicted octanol–water partition coefficient (Wildman–Crippen LogP) is 2.42. The smallest absolute Gasteiger partial charge is 0.220 e. The van der Waals surface area contributed by atoms with Gasteiger partial charge in [0, 0.05) is 6.42 Å². The van der Waals surface area contributed by atoms with E-state index in [1.807, 2.05) is 6.08 Å². The number of carbonyl (C=O) groups excluding carboxylic acids is 1. The Bertz CT molecular complexity index is 1390. The van der Waals surface area contributed by atoms with Gasteiger partial charge in [-0.2, -0.15) is 0 Å².